The fraction of sp³-hybridized carbons (Fsp3) is 0.667. The van der Waals surface area contributed by atoms with Crippen molar-refractivity contribution in [2.24, 2.45) is 0 Å². The molecule has 1 heterocycles. The van der Waals surface area contributed by atoms with Crippen LogP contribution in [0.1, 0.15) is 13.8 Å². The van der Waals surface area contributed by atoms with Crippen LogP contribution in [0.2, 0.25) is 0 Å². The summed E-state index contributed by atoms with van der Waals surface area (Å²) in [5.74, 6) is 0. The van der Waals surface area contributed by atoms with Gasteiger partial charge in [-0.25, -0.2) is 0 Å². The number of nitrogens with one attached hydrogen (secondary N) is 1. The summed E-state index contributed by atoms with van der Waals surface area (Å²) < 4.78 is -0.113. The van der Waals surface area contributed by atoms with Crippen LogP contribution in [-0.2, 0) is 9.59 Å². The molecule has 3 nitrogen and oxygen atoms in total. The zero-order valence-electron chi connectivity index (χ0n) is 5.88. The Bertz CT molecular complexity index is 179. The fourth-order valence-electron chi connectivity index (χ4n) is 0.940. The molecule has 0 radical (unpaired) electrons. The fourth-order valence-corrected chi connectivity index (χ4v) is 2.05. The van der Waals surface area contributed by atoms with E-state index in [2.05, 4.69) is 5.32 Å². The monoisotopic (exact) mass is 159 g/mol. The van der Waals surface area contributed by atoms with E-state index in [1.807, 2.05) is 13.8 Å². The van der Waals surface area contributed by atoms with Gasteiger partial charge in [0.25, 0.3) is 0 Å². The summed E-state index contributed by atoms with van der Waals surface area (Å²) in [4.78, 5) is 20.7. The van der Waals surface area contributed by atoms with Gasteiger partial charge in [-0.3, -0.25) is 9.59 Å². The highest BCUT2D eigenvalue weighted by Crippen LogP contribution is 2.41. The lowest BCUT2D eigenvalue weighted by Crippen LogP contribution is -2.57. The first kappa shape index (κ1) is 7.60. The Morgan fingerprint density at radius 1 is 1.70 bits per heavy atom. The van der Waals surface area contributed by atoms with Gasteiger partial charge in [0.15, 0.2) is 0 Å². The first-order chi connectivity index (χ1) is 4.58. The molecule has 0 unspecified atom stereocenters. The van der Waals surface area contributed by atoms with Crippen molar-refractivity contribution in [1.82, 2.24) is 5.32 Å². The topological polar surface area (TPSA) is 46.2 Å². The molecule has 1 rings (SSSR count). The molecular formula is C6H9NO2S. The van der Waals surface area contributed by atoms with Crippen LogP contribution in [0, 0.1) is 0 Å². The highest BCUT2D eigenvalue weighted by Gasteiger charge is 2.47. The first-order valence-electron chi connectivity index (χ1n) is 3.00. The maximum Gasteiger partial charge on any atom is 0.213 e. The second kappa shape index (κ2) is 2.27. The van der Waals surface area contributed by atoms with Gasteiger partial charge in [0.2, 0.25) is 11.5 Å². The summed E-state index contributed by atoms with van der Waals surface area (Å²) in [7, 11) is 0. The number of carbonyl (C=O) groups is 2. The highest BCUT2D eigenvalue weighted by atomic mass is 32.2. The molecule has 1 aliphatic heterocycles. The van der Waals surface area contributed by atoms with Crippen molar-refractivity contribution in [3.8, 4) is 0 Å². The van der Waals surface area contributed by atoms with Crippen molar-refractivity contribution in [3.05, 3.63) is 0 Å². The summed E-state index contributed by atoms with van der Waals surface area (Å²) >= 11 is 1.27. The highest BCUT2D eigenvalue weighted by molar-refractivity contribution is 8.17. The zero-order chi connectivity index (χ0) is 7.78. The van der Waals surface area contributed by atoms with Crippen LogP contribution in [-0.4, -0.2) is 22.3 Å². The molecule has 10 heavy (non-hydrogen) atoms. The normalized spacial score (nSPS) is 29.0. The molecule has 56 valence electrons. The first-order valence-corrected chi connectivity index (χ1v) is 3.82. The van der Waals surface area contributed by atoms with Gasteiger partial charge in [0, 0.05) is 4.75 Å². The third kappa shape index (κ3) is 1.03. The third-order valence-corrected chi connectivity index (χ3v) is 2.73. The van der Waals surface area contributed by atoms with Crippen molar-refractivity contribution in [3.63, 3.8) is 0 Å². The summed E-state index contributed by atoms with van der Waals surface area (Å²) in [5.41, 5.74) is 0. The molecule has 0 aromatic carbocycles. The van der Waals surface area contributed by atoms with Gasteiger partial charge in [-0.05, 0) is 13.8 Å². The second-order valence-electron chi connectivity index (χ2n) is 2.74. The maximum atomic E-state index is 10.8. The van der Waals surface area contributed by atoms with Crippen LogP contribution in [0.15, 0.2) is 0 Å². The number of amides is 1. The van der Waals surface area contributed by atoms with Crippen LogP contribution >= 0.6 is 11.8 Å². The van der Waals surface area contributed by atoms with E-state index in [0.29, 0.717) is 6.41 Å². The van der Waals surface area contributed by atoms with Gasteiger partial charge in [-0.2, -0.15) is 0 Å². The Kier molecular flexibility index (Phi) is 1.72. The number of carbonyl (C=O) groups excluding carboxylic acids is 2. The van der Waals surface area contributed by atoms with E-state index in [1.165, 1.54) is 11.8 Å². The Labute approximate surface area is 63.6 Å². The molecule has 1 N–H and O–H groups in total. The molecule has 0 spiro atoms. The van der Waals surface area contributed by atoms with Gasteiger partial charge < -0.3 is 5.32 Å². The summed E-state index contributed by atoms with van der Waals surface area (Å²) in [6.45, 7) is 3.86. The van der Waals surface area contributed by atoms with E-state index in [1.54, 1.807) is 0 Å². The second-order valence-corrected chi connectivity index (χ2v) is 4.40. The van der Waals surface area contributed by atoms with Crippen LogP contribution in [0.5, 0.6) is 0 Å². The van der Waals surface area contributed by atoms with Crippen molar-refractivity contribution in [1.29, 1.82) is 0 Å². The standard InChI is InChI=1S/C6H9NO2S/c1-6(2)4(7-3-8)5(9)10-6/h3-4H,1-2H3,(H,7,8)/t4-/m0/s1. The minimum Gasteiger partial charge on any atom is -0.347 e. The SMILES string of the molecule is CC1(C)SC(=O)[C@@H]1NC=O. The molecule has 1 aliphatic rings. The van der Waals surface area contributed by atoms with E-state index >= 15 is 0 Å². The Morgan fingerprint density at radius 3 is 2.50 bits per heavy atom. The molecule has 0 bridgehead atoms. The smallest absolute Gasteiger partial charge is 0.213 e. The molecule has 0 aliphatic carbocycles. The third-order valence-electron chi connectivity index (χ3n) is 1.53. The van der Waals surface area contributed by atoms with Gasteiger partial charge in [-0.1, -0.05) is 11.8 Å². The molecular weight excluding hydrogens is 150 g/mol. The molecule has 1 fully saturated rings. The zero-order valence-corrected chi connectivity index (χ0v) is 6.70. The van der Waals surface area contributed by atoms with E-state index in [-0.39, 0.29) is 15.9 Å². The minimum absolute atomic E-state index is 0.0529. The van der Waals surface area contributed by atoms with Gasteiger partial charge in [0.1, 0.15) is 6.04 Å². The van der Waals surface area contributed by atoms with Crippen LogP contribution in [0.25, 0.3) is 0 Å². The van der Waals surface area contributed by atoms with Crippen LogP contribution in [0.4, 0.5) is 0 Å². The summed E-state index contributed by atoms with van der Waals surface area (Å²) in [6, 6.07) is -0.282. The van der Waals surface area contributed by atoms with E-state index in [0.717, 1.165) is 0 Å². The average molecular weight is 159 g/mol. The molecule has 1 amide bonds. The van der Waals surface area contributed by atoms with Gasteiger partial charge >= 0.3 is 0 Å². The Hall–Kier alpha value is -0.510. The lowest BCUT2D eigenvalue weighted by Gasteiger charge is -2.40. The molecule has 1 saturated heterocycles. The average Bonchev–Trinajstić information content (AvgIpc) is 1.82. The number of rotatable bonds is 2. The maximum absolute atomic E-state index is 10.8. The summed E-state index contributed by atoms with van der Waals surface area (Å²) in [6.07, 6.45) is 0.573. The van der Waals surface area contributed by atoms with E-state index < -0.39 is 0 Å². The van der Waals surface area contributed by atoms with Crippen LogP contribution < -0.4 is 5.32 Å². The van der Waals surface area contributed by atoms with Crippen molar-refractivity contribution in [2.75, 3.05) is 0 Å². The van der Waals surface area contributed by atoms with Crippen LogP contribution in [0.3, 0.4) is 0 Å². The quantitative estimate of drug-likeness (QED) is 0.583. The molecule has 0 saturated carbocycles. The molecule has 0 aromatic heterocycles. The van der Waals surface area contributed by atoms with E-state index in [9.17, 15) is 9.59 Å². The van der Waals surface area contributed by atoms with E-state index in [4.69, 9.17) is 0 Å². The largest absolute Gasteiger partial charge is 0.347 e. The number of hydrogen-bond acceptors (Lipinski definition) is 3. The Balaban J connectivity index is 2.56. The van der Waals surface area contributed by atoms with Gasteiger partial charge in [0.05, 0.1) is 0 Å². The molecule has 0 aromatic rings. The molecule has 4 heteroatoms. The minimum atomic E-state index is -0.282. The lowest BCUT2D eigenvalue weighted by molar-refractivity contribution is -0.119. The predicted octanol–water partition coefficient (Wildman–Crippen LogP) is 0.153. The predicted molar refractivity (Wildman–Crippen MR) is 39.7 cm³/mol. The number of thioether (sulfide) groups is 1. The summed E-state index contributed by atoms with van der Waals surface area (Å²) in [5, 5.41) is 2.52. The van der Waals surface area contributed by atoms with Crippen molar-refractivity contribution in [2.45, 2.75) is 24.6 Å². The van der Waals surface area contributed by atoms with Crippen molar-refractivity contribution >= 4 is 23.3 Å². The van der Waals surface area contributed by atoms with Crippen molar-refractivity contribution < 1.29 is 9.59 Å². The Morgan fingerprint density at radius 2 is 2.30 bits per heavy atom. The number of hydrogen-bond donors (Lipinski definition) is 1. The van der Waals surface area contributed by atoms with Gasteiger partial charge in [-0.15, -0.1) is 0 Å². The molecule has 1 atom stereocenters. The lowest BCUT2D eigenvalue weighted by atomic mass is 10.0.